The molecule has 0 bridgehead atoms. The normalized spacial score (nSPS) is 13.5. The molecule has 0 aliphatic rings. The summed E-state index contributed by atoms with van der Waals surface area (Å²) in [6.07, 6.45) is 0.311. The van der Waals surface area contributed by atoms with Gasteiger partial charge in [0.1, 0.15) is 0 Å². The van der Waals surface area contributed by atoms with Crippen LogP contribution in [0.4, 0.5) is 5.69 Å². The first kappa shape index (κ1) is 13.0. The van der Waals surface area contributed by atoms with E-state index in [0.29, 0.717) is 12.1 Å². The van der Waals surface area contributed by atoms with Crippen LogP contribution >= 0.6 is 0 Å². The van der Waals surface area contributed by atoms with Crippen LogP contribution in [0.5, 0.6) is 0 Å². The number of anilines is 1. The molecule has 5 heteroatoms. The van der Waals surface area contributed by atoms with Crippen LogP contribution < -0.4 is 5.32 Å². The molecular formula is C11H17NO3S. The van der Waals surface area contributed by atoms with Gasteiger partial charge in [0.25, 0.3) is 10.1 Å². The van der Waals surface area contributed by atoms with Crippen LogP contribution in [-0.2, 0) is 10.1 Å². The summed E-state index contributed by atoms with van der Waals surface area (Å²) in [6, 6.07) is 5.70. The quantitative estimate of drug-likeness (QED) is 0.797. The van der Waals surface area contributed by atoms with Gasteiger partial charge >= 0.3 is 0 Å². The molecule has 0 aliphatic carbocycles. The van der Waals surface area contributed by atoms with Gasteiger partial charge in [-0.1, -0.05) is 13.0 Å². The van der Waals surface area contributed by atoms with Crippen molar-refractivity contribution in [3.05, 3.63) is 29.3 Å². The molecule has 0 aromatic heterocycles. The van der Waals surface area contributed by atoms with Gasteiger partial charge < -0.3 is 5.32 Å². The second-order valence-electron chi connectivity index (χ2n) is 3.93. The molecule has 90 valence electrons. The van der Waals surface area contributed by atoms with Crippen molar-refractivity contribution in [1.82, 2.24) is 0 Å². The molecule has 0 radical (unpaired) electrons. The van der Waals surface area contributed by atoms with Crippen molar-refractivity contribution < 1.29 is 13.0 Å². The average molecular weight is 243 g/mol. The first-order valence-corrected chi connectivity index (χ1v) is 6.64. The number of aryl methyl sites for hydroxylation is 2. The summed E-state index contributed by atoms with van der Waals surface area (Å²) >= 11 is 0. The van der Waals surface area contributed by atoms with E-state index >= 15 is 0 Å². The molecule has 0 fully saturated rings. The molecular weight excluding hydrogens is 226 g/mol. The van der Waals surface area contributed by atoms with Crippen LogP contribution in [0.3, 0.4) is 0 Å². The third-order valence-electron chi connectivity index (χ3n) is 2.28. The summed E-state index contributed by atoms with van der Waals surface area (Å²) in [7, 11) is -4.05. The molecule has 2 N–H and O–H groups in total. The molecule has 4 nitrogen and oxygen atoms in total. The zero-order chi connectivity index (χ0) is 12.3. The molecule has 1 atom stereocenters. The summed E-state index contributed by atoms with van der Waals surface area (Å²) in [4.78, 5) is 0. The van der Waals surface area contributed by atoms with Crippen LogP contribution in [-0.4, -0.2) is 18.3 Å². The van der Waals surface area contributed by atoms with E-state index < -0.39 is 15.5 Å². The zero-order valence-corrected chi connectivity index (χ0v) is 10.5. The van der Waals surface area contributed by atoms with Gasteiger partial charge in [-0.3, -0.25) is 4.55 Å². The molecule has 1 unspecified atom stereocenters. The number of hydrogen-bond acceptors (Lipinski definition) is 3. The minimum atomic E-state index is -4.05. The Balaban J connectivity index is 2.95. The van der Waals surface area contributed by atoms with Crippen LogP contribution in [0.1, 0.15) is 24.5 Å². The summed E-state index contributed by atoms with van der Waals surface area (Å²) in [5.41, 5.74) is 2.81. The fourth-order valence-corrected chi connectivity index (χ4v) is 2.34. The third kappa shape index (κ3) is 3.50. The number of rotatable bonds is 4. The Kier molecular flexibility index (Phi) is 3.93. The van der Waals surface area contributed by atoms with Crippen LogP contribution in [0, 0.1) is 13.8 Å². The standard InChI is InChI=1S/C11H17NO3S/c1-4-11(16(13,14)15)12-10-6-8(2)5-9(3)7-10/h5-7,11-12H,4H2,1-3H3,(H,13,14,15). The molecule has 1 rings (SSSR count). The van der Waals surface area contributed by atoms with Crippen molar-refractivity contribution in [3.63, 3.8) is 0 Å². The maximum absolute atomic E-state index is 11.0. The summed E-state index contributed by atoms with van der Waals surface area (Å²) in [5, 5.41) is 1.86. The smallest absolute Gasteiger partial charge is 0.286 e. The second kappa shape index (κ2) is 4.84. The number of benzene rings is 1. The van der Waals surface area contributed by atoms with Crippen molar-refractivity contribution in [3.8, 4) is 0 Å². The maximum Gasteiger partial charge on any atom is 0.286 e. The van der Waals surface area contributed by atoms with Crippen LogP contribution in [0.2, 0.25) is 0 Å². The molecule has 0 saturated carbocycles. The fourth-order valence-electron chi connectivity index (χ4n) is 1.63. The summed E-state index contributed by atoms with van der Waals surface area (Å²) < 4.78 is 31.0. The highest BCUT2D eigenvalue weighted by Crippen LogP contribution is 2.17. The van der Waals surface area contributed by atoms with Crippen LogP contribution in [0.15, 0.2) is 18.2 Å². The minimum absolute atomic E-state index is 0.311. The number of nitrogens with one attached hydrogen (secondary N) is 1. The zero-order valence-electron chi connectivity index (χ0n) is 9.69. The molecule has 0 heterocycles. The van der Waals surface area contributed by atoms with Crippen molar-refractivity contribution in [2.75, 3.05) is 5.32 Å². The van der Waals surface area contributed by atoms with Gasteiger partial charge in [0.15, 0.2) is 5.37 Å². The predicted molar refractivity (Wildman–Crippen MR) is 65.2 cm³/mol. The van der Waals surface area contributed by atoms with Gasteiger partial charge in [-0.05, 0) is 43.5 Å². The van der Waals surface area contributed by atoms with E-state index in [4.69, 9.17) is 4.55 Å². The van der Waals surface area contributed by atoms with Crippen molar-refractivity contribution >= 4 is 15.8 Å². The lowest BCUT2D eigenvalue weighted by atomic mass is 10.1. The van der Waals surface area contributed by atoms with Crippen molar-refractivity contribution in [1.29, 1.82) is 0 Å². The Labute approximate surface area is 96.4 Å². The molecule has 1 aromatic carbocycles. The van der Waals surface area contributed by atoms with E-state index in [-0.39, 0.29) is 0 Å². The van der Waals surface area contributed by atoms with Crippen molar-refractivity contribution in [2.45, 2.75) is 32.6 Å². The van der Waals surface area contributed by atoms with Crippen LogP contribution in [0.25, 0.3) is 0 Å². The van der Waals surface area contributed by atoms with Gasteiger partial charge in [0, 0.05) is 5.69 Å². The molecule has 0 saturated heterocycles. The fraction of sp³-hybridized carbons (Fsp3) is 0.455. The molecule has 0 aliphatic heterocycles. The lowest BCUT2D eigenvalue weighted by Gasteiger charge is -2.16. The SMILES string of the molecule is CCC(Nc1cc(C)cc(C)c1)S(=O)(=O)O. The molecule has 1 aromatic rings. The highest BCUT2D eigenvalue weighted by Gasteiger charge is 2.20. The highest BCUT2D eigenvalue weighted by atomic mass is 32.2. The third-order valence-corrected chi connectivity index (χ3v) is 3.45. The Morgan fingerprint density at radius 2 is 1.75 bits per heavy atom. The van der Waals surface area contributed by atoms with E-state index in [9.17, 15) is 8.42 Å². The van der Waals surface area contributed by atoms with Crippen molar-refractivity contribution in [2.24, 2.45) is 0 Å². The van der Waals surface area contributed by atoms with E-state index in [2.05, 4.69) is 5.32 Å². The van der Waals surface area contributed by atoms with Gasteiger partial charge in [-0.2, -0.15) is 8.42 Å². The maximum atomic E-state index is 11.0. The Morgan fingerprint density at radius 3 is 2.12 bits per heavy atom. The monoisotopic (exact) mass is 243 g/mol. The Bertz CT molecular complexity index is 448. The Morgan fingerprint density at radius 1 is 1.25 bits per heavy atom. The van der Waals surface area contributed by atoms with Gasteiger partial charge in [0.05, 0.1) is 0 Å². The first-order valence-electron chi connectivity index (χ1n) is 5.14. The molecule has 0 spiro atoms. The molecule has 0 amide bonds. The lowest BCUT2D eigenvalue weighted by molar-refractivity contribution is 0.470. The van der Waals surface area contributed by atoms with Gasteiger partial charge in [0.2, 0.25) is 0 Å². The van der Waals surface area contributed by atoms with E-state index in [1.54, 1.807) is 6.92 Å². The summed E-state index contributed by atoms with van der Waals surface area (Å²) in [5.74, 6) is 0. The predicted octanol–water partition coefficient (Wildman–Crippen LogP) is 2.34. The van der Waals surface area contributed by atoms with E-state index in [0.717, 1.165) is 11.1 Å². The second-order valence-corrected chi connectivity index (χ2v) is 5.53. The molecule has 16 heavy (non-hydrogen) atoms. The Hall–Kier alpha value is -1.07. The minimum Gasteiger partial charge on any atom is -0.367 e. The van der Waals surface area contributed by atoms with Gasteiger partial charge in [-0.25, -0.2) is 0 Å². The average Bonchev–Trinajstić information content (AvgIpc) is 2.10. The van der Waals surface area contributed by atoms with E-state index in [1.807, 2.05) is 32.0 Å². The largest absolute Gasteiger partial charge is 0.367 e. The van der Waals surface area contributed by atoms with E-state index in [1.165, 1.54) is 0 Å². The number of hydrogen-bond donors (Lipinski definition) is 2. The topological polar surface area (TPSA) is 66.4 Å². The first-order chi connectivity index (χ1) is 7.32. The summed E-state index contributed by atoms with van der Waals surface area (Å²) in [6.45, 7) is 5.58. The highest BCUT2D eigenvalue weighted by molar-refractivity contribution is 7.86. The lowest BCUT2D eigenvalue weighted by Crippen LogP contribution is -2.28. The van der Waals surface area contributed by atoms with Gasteiger partial charge in [-0.15, -0.1) is 0 Å².